The largest absolute Gasteiger partial charge is 0.419 e. The van der Waals surface area contributed by atoms with Crippen LogP contribution in [-0.4, -0.2) is 0 Å². The summed E-state index contributed by atoms with van der Waals surface area (Å²) in [4.78, 5) is 0. The molecule has 5 heteroatoms. The van der Waals surface area contributed by atoms with Gasteiger partial charge in [0.2, 0.25) is 0 Å². The van der Waals surface area contributed by atoms with E-state index in [1.807, 2.05) is 12.1 Å². The Kier molecular flexibility index (Phi) is 7.74. The molecule has 184 valence electrons. The van der Waals surface area contributed by atoms with Crippen molar-refractivity contribution in [2.75, 3.05) is 0 Å². The first-order chi connectivity index (χ1) is 17.2. The molecule has 4 aromatic carbocycles. The number of fused-ring (bicyclic) bond motifs is 1. The van der Waals surface area contributed by atoms with Crippen molar-refractivity contribution in [1.29, 1.82) is 0 Å². The number of halogens is 5. The summed E-state index contributed by atoms with van der Waals surface area (Å²) in [5.74, 6) is 3.24. The van der Waals surface area contributed by atoms with E-state index in [1.54, 1.807) is 12.1 Å². The predicted molar refractivity (Wildman–Crippen MR) is 134 cm³/mol. The highest BCUT2D eigenvalue weighted by molar-refractivity contribution is 5.85. The lowest BCUT2D eigenvalue weighted by atomic mass is 9.98. The number of hydrogen-bond acceptors (Lipinski definition) is 0. The molecule has 0 N–H and O–H groups in total. The topological polar surface area (TPSA) is 0 Å². The molecule has 36 heavy (non-hydrogen) atoms. The predicted octanol–water partition coefficient (Wildman–Crippen LogP) is 8.66. The van der Waals surface area contributed by atoms with E-state index in [0.717, 1.165) is 36.3 Å². The van der Waals surface area contributed by atoms with Crippen LogP contribution >= 0.6 is 0 Å². The zero-order valence-corrected chi connectivity index (χ0v) is 19.9. The zero-order chi connectivity index (χ0) is 25.7. The molecule has 0 aliphatic heterocycles. The number of hydrogen-bond donors (Lipinski definition) is 0. The zero-order valence-electron chi connectivity index (χ0n) is 19.9. The van der Waals surface area contributed by atoms with Crippen molar-refractivity contribution in [2.24, 2.45) is 0 Å². The second-order valence-corrected chi connectivity index (χ2v) is 8.85. The fraction of sp³-hybridized carbons (Fsp3) is 0.226. The lowest BCUT2D eigenvalue weighted by Gasteiger charge is -2.08. The van der Waals surface area contributed by atoms with Crippen molar-refractivity contribution in [3.05, 3.63) is 118 Å². The lowest BCUT2D eigenvalue weighted by molar-refractivity contribution is -0.140. The fourth-order valence-electron chi connectivity index (χ4n) is 4.10. The van der Waals surface area contributed by atoms with Crippen molar-refractivity contribution in [3.8, 4) is 11.8 Å². The van der Waals surface area contributed by atoms with Crippen molar-refractivity contribution < 1.29 is 22.0 Å². The summed E-state index contributed by atoms with van der Waals surface area (Å²) in [5.41, 5.74) is 2.48. The second-order valence-electron chi connectivity index (χ2n) is 8.85. The van der Waals surface area contributed by atoms with Gasteiger partial charge in [0.1, 0.15) is 11.6 Å². The van der Waals surface area contributed by atoms with Crippen molar-refractivity contribution in [1.82, 2.24) is 0 Å². The van der Waals surface area contributed by atoms with Crippen molar-refractivity contribution in [2.45, 2.75) is 45.2 Å². The first-order valence-electron chi connectivity index (χ1n) is 11.9. The normalized spacial score (nSPS) is 11.4. The van der Waals surface area contributed by atoms with Gasteiger partial charge in [-0.3, -0.25) is 0 Å². The summed E-state index contributed by atoms with van der Waals surface area (Å²) in [5, 5.41) is 1.15. The number of benzene rings is 4. The Labute approximate surface area is 207 Å². The van der Waals surface area contributed by atoms with Gasteiger partial charge in [-0.05, 0) is 72.0 Å². The van der Waals surface area contributed by atoms with Gasteiger partial charge in [0.05, 0.1) is 11.1 Å². The minimum atomic E-state index is -4.78. The van der Waals surface area contributed by atoms with E-state index in [9.17, 15) is 17.6 Å². The Morgan fingerprint density at radius 2 is 1.36 bits per heavy atom. The van der Waals surface area contributed by atoms with Crippen LogP contribution in [0.1, 0.15) is 53.1 Å². The third-order valence-electron chi connectivity index (χ3n) is 6.18. The summed E-state index contributed by atoms with van der Waals surface area (Å²) in [6.07, 6.45) is 0.395. The first kappa shape index (κ1) is 25.4. The second kappa shape index (κ2) is 11.0. The smallest absolute Gasteiger partial charge is 0.206 e. The van der Waals surface area contributed by atoms with Gasteiger partial charge in [0, 0.05) is 10.9 Å². The lowest BCUT2D eigenvalue weighted by Crippen LogP contribution is -2.07. The molecule has 0 unspecified atom stereocenters. The molecule has 0 bridgehead atoms. The van der Waals surface area contributed by atoms with Gasteiger partial charge in [-0.15, -0.1) is 0 Å². The Morgan fingerprint density at radius 1 is 0.694 bits per heavy atom. The minimum absolute atomic E-state index is 0.0359. The van der Waals surface area contributed by atoms with E-state index < -0.39 is 23.4 Å². The van der Waals surface area contributed by atoms with E-state index >= 15 is 4.39 Å². The number of alkyl halides is 3. The molecule has 0 aliphatic carbocycles. The van der Waals surface area contributed by atoms with Gasteiger partial charge in [-0.1, -0.05) is 73.7 Å². The Balaban J connectivity index is 1.48. The van der Waals surface area contributed by atoms with E-state index in [4.69, 9.17) is 0 Å². The molecular weight excluding hydrogens is 467 g/mol. The maximum atomic E-state index is 15.1. The van der Waals surface area contributed by atoms with Gasteiger partial charge in [-0.25, -0.2) is 8.78 Å². The van der Waals surface area contributed by atoms with Crippen LogP contribution in [0.4, 0.5) is 22.0 Å². The number of unbranched alkanes of at least 4 members (excludes halogenated alkanes) is 1. The number of aryl methyl sites for hydroxylation is 3. The maximum absolute atomic E-state index is 15.1. The van der Waals surface area contributed by atoms with Gasteiger partial charge >= 0.3 is 6.18 Å². The molecule has 0 radical (unpaired) electrons. The molecule has 0 atom stereocenters. The average molecular weight is 493 g/mol. The van der Waals surface area contributed by atoms with E-state index in [0.29, 0.717) is 17.5 Å². The monoisotopic (exact) mass is 492 g/mol. The van der Waals surface area contributed by atoms with Crippen LogP contribution in [-0.2, 0) is 25.4 Å². The molecule has 0 heterocycles. The molecule has 0 saturated heterocycles. The van der Waals surface area contributed by atoms with Crippen LogP contribution in [0.3, 0.4) is 0 Å². The molecular formula is C31H25F5. The van der Waals surface area contributed by atoms with Crippen molar-refractivity contribution >= 4 is 10.8 Å². The molecule has 4 rings (SSSR count). The van der Waals surface area contributed by atoms with Gasteiger partial charge < -0.3 is 0 Å². The molecule has 0 amide bonds. The van der Waals surface area contributed by atoms with Gasteiger partial charge in [-0.2, -0.15) is 13.2 Å². The Morgan fingerprint density at radius 3 is 2.03 bits per heavy atom. The number of rotatable bonds is 6. The van der Waals surface area contributed by atoms with E-state index in [-0.39, 0.29) is 11.1 Å². The minimum Gasteiger partial charge on any atom is -0.206 e. The third-order valence-corrected chi connectivity index (χ3v) is 6.18. The SMILES string of the molecule is CCCCc1ccc(CCc2ccc3c(F)c(C#Cc4ccc(C(F)(F)F)c(F)c4)ccc3c2)cc1. The highest BCUT2D eigenvalue weighted by Gasteiger charge is 2.33. The molecule has 4 aromatic rings. The highest BCUT2D eigenvalue weighted by Crippen LogP contribution is 2.31. The van der Waals surface area contributed by atoms with Crippen LogP contribution in [0.25, 0.3) is 10.8 Å². The Bertz CT molecular complexity index is 1420. The van der Waals surface area contributed by atoms with Crippen LogP contribution in [0.5, 0.6) is 0 Å². The van der Waals surface area contributed by atoms with Gasteiger partial charge in [0.25, 0.3) is 0 Å². The van der Waals surface area contributed by atoms with Crippen LogP contribution in [0.2, 0.25) is 0 Å². The summed E-state index contributed by atoms with van der Waals surface area (Å²) in [6, 6.07) is 20.0. The van der Waals surface area contributed by atoms with Crippen molar-refractivity contribution in [3.63, 3.8) is 0 Å². The summed E-state index contributed by atoms with van der Waals surface area (Å²) in [6.45, 7) is 2.18. The summed E-state index contributed by atoms with van der Waals surface area (Å²) in [7, 11) is 0. The van der Waals surface area contributed by atoms with Crippen LogP contribution in [0.15, 0.2) is 72.8 Å². The maximum Gasteiger partial charge on any atom is 0.419 e. The standard InChI is InChI=1S/C31H25F5/c1-2-3-4-21-5-7-22(8-6-21)9-10-23-12-17-27-26(19-23)16-15-25(30(27)33)14-11-24-13-18-28(29(32)20-24)31(34,35)36/h5-8,12-13,15-20H,2-4,9-10H2,1H3. The van der Waals surface area contributed by atoms with Crippen LogP contribution in [0, 0.1) is 23.5 Å². The van der Waals surface area contributed by atoms with Gasteiger partial charge in [0.15, 0.2) is 0 Å². The first-order valence-corrected chi connectivity index (χ1v) is 11.9. The summed E-state index contributed by atoms with van der Waals surface area (Å²) >= 11 is 0. The Hall–Kier alpha value is -3.65. The molecule has 0 saturated carbocycles. The molecule has 0 aliphatic rings. The fourth-order valence-corrected chi connectivity index (χ4v) is 4.10. The molecule has 0 fully saturated rings. The van der Waals surface area contributed by atoms with E-state index in [2.05, 4.69) is 43.0 Å². The van der Waals surface area contributed by atoms with Crippen LogP contribution < -0.4 is 0 Å². The summed E-state index contributed by atoms with van der Waals surface area (Å²) < 4.78 is 67.0. The van der Waals surface area contributed by atoms with E-state index in [1.165, 1.54) is 30.0 Å². The molecule has 0 spiro atoms. The molecule has 0 nitrogen and oxygen atoms in total. The third kappa shape index (κ3) is 6.12. The molecule has 0 aromatic heterocycles. The highest BCUT2D eigenvalue weighted by atomic mass is 19.4. The quantitative estimate of drug-likeness (QED) is 0.187. The average Bonchev–Trinajstić information content (AvgIpc) is 2.85.